The molecule has 0 saturated carbocycles. The first-order chi connectivity index (χ1) is 8.46. The van der Waals surface area contributed by atoms with Crippen LogP contribution in [0.25, 0.3) is 0 Å². The number of nitrogens with zero attached hydrogens (tertiary/aromatic N) is 1. The minimum absolute atomic E-state index is 0.107. The van der Waals surface area contributed by atoms with Gasteiger partial charge in [0.05, 0.1) is 23.6 Å². The number of thiocarbonyl (C=S) groups is 1. The Morgan fingerprint density at radius 1 is 1.39 bits per heavy atom. The van der Waals surface area contributed by atoms with Gasteiger partial charge >= 0.3 is 0 Å². The third-order valence-electron chi connectivity index (χ3n) is 3.33. The summed E-state index contributed by atoms with van der Waals surface area (Å²) >= 11 is 5.27. The molecule has 0 aliphatic carbocycles. The average Bonchev–Trinajstić information content (AvgIpc) is 2.68. The molecule has 0 radical (unpaired) electrons. The lowest BCUT2D eigenvalue weighted by molar-refractivity contribution is 0.600. The maximum absolute atomic E-state index is 11.7. The summed E-state index contributed by atoms with van der Waals surface area (Å²) in [5, 5.41) is 3.65. The summed E-state index contributed by atoms with van der Waals surface area (Å²) in [7, 11) is -2.98. The third kappa shape index (κ3) is 1.83. The van der Waals surface area contributed by atoms with Gasteiger partial charge in [0.1, 0.15) is 0 Å². The highest BCUT2D eigenvalue weighted by Crippen LogP contribution is 2.30. The van der Waals surface area contributed by atoms with Gasteiger partial charge < -0.3 is 16.0 Å². The number of hydrogen-bond acceptors (Lipinski definition) is 4. The maximum Gasteiger partial charge on any atom is 0.174 e. The molecule has 3 N–H and O–H groups in total. The predicted octanol–water partition coefficient (Wildman–Crippen LogP) is 0.129. The number of nitrogens with one attached hydrogen (secondary N) is 1. The van der Waals surface area contributed by atoms with Crippen molar-refractivity contribution in [2.24, 2.45) is 0 Å². The Labute approximate surface area is 111 Å². The fraction of sp³-hybridized carbons (Fsp3) is 0.364. The zero-order valence-corrected chi connectivity index (χ0v) is 11.2. The normalized spacial score (nSPS) is 29.1. The second-order valence-corrected chi connectivity index (χ2v) is 7.21. The Morgan fingerprint density at radius 3 is 2.89 bits per heavy atom. The fourth-order valence-corrected chi connectivity index (χ4v) is 4.87. The van der Waals surface area contributed by atoms with Crippen LogP contribution < -0.4 is 16.0 Å². The van der Waals surface area contributed by atoms with Crippen LogP contribution in [0.3, 0.4) is 0 Å². The van der Waals surface area contributed by atoms with Gasteiger partial charge in [-0.25, -0.2) is 8.42 Å². The summed E-state index contributed by atoms with van der Waals surface area (Å²) in [6, 6.07) is 7.09. The molecule has 3 rings (SSSR count). The highest BCUT2D eigenvalue weighted by Gasteiger charge is 2.47. The summed E-state index contributed by atoms with van der Waals surface area (Å²) in [5.41, 5.74) is 7.24. The lowest BCUT2D eigenvalue weighted by Crippen LogP contribution is -2.36. The summed E-state index contributed by atoms with van der Waals surface area (Å²) in [4.78, 5) is 1.86. The molecule has 7 heteroatoms. The molecule has 2 heterocycles. The van der Waals surface area contributed by atoms with Crippen LogP contribution in [-0.4, -0.2) is 37.1 Å². The number of nitrogens with two attached hydrogens (primary N) is 1. The second kappa shape index (κ2) is 3.83. The number of hydrogen-bond donors (Lipinski definition) is 2. The average molecular weight is 283 g/mol. The zero-order valence-electron chi connectivity index (χ0n) is 9.54. The third-order valence-corrected chi connectivity index (χ3v) is 5.36. The van der Waals surface area contributed by atoms with Crippen LogP contribution in [0.15, 0.2) is 24.3 Å². The molecule has 5 nitrogen and oxygen atoms in total. The van der Waals surface area contributed by atoms with Gasteiger partial charge in [0.25, 0.3) is 0 Å². The van der Waals surface area contributed by atoms with E-state index >= 15 is 0 Å². The van der Waals surface area contributed by atoms with Gasteiger partial charge in [0.2, 0.25) is 0 Å². The first kappa shape index (κ1) is 11.7. The Balaban J connectivity index is 1.99. The van der Waals surface area contributed by atoms with E-state index in [1.807, 2.05) is 17.0 Å². The van der Waals surface area contributed by atoms with Crippen molar-refractivity contribution in [3.05, 3.63) is 24.3 Å². The molecule has 2 saturated heterocycles. The molecule has 0 aromatic heterocycles. The van der Waals surface area contributed by atoms with Crippen molar-refractivity contribution in [3.8, 4) is 0 Å². The molecule has 0 spiro atoms. The topological polar surface area (TPSA) is 75.4 Å². The number of rotatable bonds is 1. The number of anilines is 2. The maximum atomic E-state index is 11.7. The first-order valence-electron chi connectivity index (χ1n) is 5.62. The van der Waals surface area contributed by atoms with Crippen LogP contribution in [0.4, 0.5) is 11.4 Å². The van der Waals surface area contributed by atoms with Gasteiger partial charge in [-0.3, -0.25) is 0 Å². The minimum atomic E-state index is -2.98. The van der Waals surface area contributed by atoms with Crippen LogP contribution in [-0.2, 0) is 9.84 Å². The van der Waals surface area contributed by atoms with Crippen molar-refractivity contribution >= 4 is 38.5 Å². The number of fused-ring (bicyclic) bond motifs is 1. The molecule has 2 fully saturated rings. The van der Waals surface area contributed by atoms with Gasteiger partial charge in [-0.05, 0) is 30.4 Å². The smallest absolute Gasteiger partial charge is 0.174 e. The van der Waals surface area contributed by atoms with E-state index in [0.717, 1.165) is 5.69 Å². The number of nitrogen functional groups attached to an aromatic ring is 1. The van der Waals surface area contributed by atoms with Crippen LogP contribution in [0.5, 0.6) is 0 Å². The molecule has 2 aliphatic rings. The van der Waals surface area contributed by atoms with Gasteiger partial charge in [-0.2, -0.15) is 0 Å². The first-order valence-corrected chi connectivity index (χ1v) is 7.85. The molecular formula is C11H13N3O2S2. The van der Waals surface area contributed by atoms with Crippen molar-refractivity contribution < 1.29 is 8.42 Å². The molecule has 2 aliphatic heterocycles. The van der Waals surface area contributed by atoms with E-state index in [1.54, 1.807) is 12.1 Å². The Hall–Kier alpha value is -1.34. The molecular weight excluding hydrogens is 270 g/mol. The van der Waals surface area contributed by atoms with E-state index < -0.39 is 9.84 Å². The van der Waals surface area contributed by atoms with E-state index in [4.69, 9.17) is 18.0 Å². The highest BCUT2D eigenvalue weighted by molar-refractivity contribution is 7.91. The largest absolute Gasteiger partial charge is 0.399 e. The summed E-state index contributed by atoms with van der Waals surface area (Å²) in [5.74, 6) is 0.288. The number of benzene rings is 1. The molecule has 1 aromatic rings. The second-order valence-electron chi connectivity index (χ2n) is 4.67. The standard InChI is InChI=1S/C11H13N3O2S2/c12-7-2-1-3-8(4-7)14-10-6-18(15,16)5-9(10)13-11(14)17/h1-4,9-10H,5-6,12H2,(H,13,17). The van der Waals surface area contributed by atoms with E-state index in [1.165, 1.54) is 0 Å². The molecule has 96 valence electrons. The van der Waals surface area contributed by atoms with Gasteiger partial charge in [-0.15, -0.1) is 0 Å². The molecule has 2 unspecified atom stereocenters. The van der Waals surface area contributed by atoms with Gasteiger partial charge in [0.15, 0.2) is 14.9 Å². The summed E-state index contributed by atoms with van der Waals surface area (Å²) < 4.78 is 23.3. The molecule has 2 atom stereocenters. The Morgan fingerprint density at radius 2 is 2.17 bits per heavy atom. The number of sulfone groups is 1. The highest BCUT2D eigenvalue weighted by atomic mass is 32.2. The molecule has 0 amide bonds. The summed E-state index contributed by atoms with van der Waals surface area (Å²) in [6.45, 7) is 0. The van der Waals surface area contributed by atoms with Crippen LogP contribution in [0.1, 0.15) is 0 Å². The van der Waals surface area contributed by atoms with E-state index in [-0.39, 0.29) is 23.6 Å². The molecule has 1 aromatic carbocycles. The van der Waals surface area contributed by atoms with E-state index in [2.05, 4.69) is 5.32 Å². The lowest BCUT2D eigenvalue weighted by atomic mass is 10.1. The fourth-order valence-electron chi connectivity index (χ4n) is 2.58. The van der Waals surface area contributed by atoms with E-state index in [9.17, 15) is 8.42 Å². The SMILES string of the molecule is Nc1cccc(N2C(=S)NC3CS(=O)(=O)CC32)c1. The Kier molecular flexibility index (Phi) is 2.49. The van der Waals surface area contributed by atoms with Crippen LogP contribution >= 0.6 is 12.2 Å². The molecule has 18 heavy (non-hydrogen) atoms. The van der Waals surface area contributed by atoms with Crippen molar-refractivity contribution in [2.45, 2.75) is 12.1 Å². The van der Waals surface area contributed by atoms with Crippen LogP contribution in [0, 0.1) is 0 Å². The minimum Gasteiger partial charge on any atom is -0.399 e. The van der Waals surface area contributed by atoms with Gasteiger partial charge in [-0.1, -0.05) is 6.07 Å². The van der Waals surface area contributed by atoms with Gasteiger partial charge in [0, 0.05) is 11.4 Å². The van der Waals surface area contributed by atoms with Crippen LogP contribution in [0.2, 0.25) is 0 Å². The zero-order chi connectivity index (χ0) is 12.9. The monoisotopic (exact) mass is 283 g/mol. The molecule has 0 bridgehead atoms. The lowest BCUT2D eigenvalue weighted by Gasteiger charge is -2.23. The quantitative estimate of drug-likeness (QED) is 0.563. The van der Waals surface area contributed by atoms with Crippen molar-refractivity contribution in [2.75, 3.05) is 22.1 Å². The van der Waals surface area contributed by atoms with Crippen molar-refractivity contribution in [1.82, 2.24) is 5.32 Å². The Bertz CT molecular complexity index is 614. The summed E-state index contributed by atoms with van der Waals surface area (Å²) in [6.07, 6.45) is 0. The predicted molar refractivity (Wildman–Crippen MR) is 75.3 cm³/mol. The van der Waals surface area contributed by atoms with Crippen molar-refractivity contribution in [3.63, 3.8) is 0 Å². The van der Waals surface area contributed by atoms with E-state index in [0.29, 0.717) is 10.8 Å². The van der Waals surface area contributed by atoms with Crippen molar-refractivity contribution in [1.29, 1.82) is 0 Å².